The molecule has 0 saturated carbocycles. The summed E-state index contributed by atoms with van der Waals surface area (Å²) in [4.78, 5) is 0. The van der Waals surface area contributed by atoms with Crippen LogP contribution in [0.1, 0.15) is 22.5 Å². The van der Waals surface area contributed by atoms with Crippen molar-refractivity contribution in [3.05, 3.63) is 71.0 Å². The standard InChI is InChI=1S/C18H20N4OS/c1-13-4-3-5-15(10-13)12-24-18-21-20-17(22(18)19)11-14-6-8-16(23-2)9-7-14/h3-10H,11-12,19H2,1-2H3. The number of benzene rings is 2. The van der Waals surface area contributed by atoms with Crippen LogP contribution in [0.4, 0.5) is 0 Å². The van der Waals surface area contributed by atoms with Crippen molar-refractivity contribution in [2.45, 2.75) is 24.3 Å². The molecule has 124 valence electrons. The van der Waals surface area contributed by atoms with E-state index in [0.717, 1.165) is 28.0 Å². The molecule has 0 aliphatic carbocycles. The quantitative estimate of drug-likeness (QED) is 0.551. The molecule has 0 amide bonds. The molecule has 3 rings (SSSR count). The Morgan fingerprint density at radius 1 is 1.08 bits per heavy atom. The van der Waals surface area contributed by atoms with Crippen LogP contribution in [0.5, 0.6) is 5.75 Å². The predicted molar refractivity (Wildman–Crippen MR) is 96.7 cm³/mol. The van der Waals surface area contributed by atoms with Gasteiger partial charge in [0.15, 0.2) is 5.82 Å². The second-order valence-electron chi connectivity index (χ2n) is 5.57. The first kappa shape index (κ1) is 16.4. The summed E-state index contributed by atoms with van der Waals surface area (Å²) in [5.41, 5.74) is 3.62. The Morgan fingerprint density at radius 3 is 2.58 bits per heavy atom. The summed E-state index contributed by atoms with van der Waals surface area (Å²) in [6, 6.07) is 16.3. The molecule has 0 radical (unpaired) electrons. The van der Waals surface area contributed by atoms with E-state index in [1.54, 1.807) is 23.5 Å². The summed E-state index contributed by atoms with van der Waals surface area (Å²) in [5, 5.41) is 9.15. The fourth-order valence-corrected chi connectivity index (χ4v) is 3.22. The minimum atomic E-state index is 0.637. The van der Waals surface area contributed by atoms with Crippen LogP contribution in [-0.2, 0) is 12.2 Å². The smallest absolute Gasteiger partial charge is 0.210 e. The van der Waals surface area contributed by atoms with Crippen LogP contribution >= 0.6 is 11.8 Å². The molecule has 1 aromatic heterocycles. The summed E-state index contributed by atoms with van der Waals surface area (Å²) in [6.45, 7) is 2.09. The van der Waals surface area contributed by atoms with E-state index < -0.39 is 0 Å². The van der Waals surface area contributed by atoms with E-state index in [4.69, 9.17) is 10.6 Å². The Labute approximate surface area is 145 Å². The van der Waals surface area contributed by atoms with Crippen molar-refractivity contribution in [1.82, 2.24) is 14.9 Å². The van der Waals surface area contributed by atoms with E-state index in [1.165, 1.54) is 11.1 Å². The van der Waals surface area contributed by atoms with Gasteiger partial charge in [-0.25, -0.2) is 4.68 Å². The summed E-state index contributed by atoms with van der Waals surface area (Å²) in [6.07, 6.45) is 0.637. The molecule has 5 nitrogen and oxygen atoms in total. The second-order valence-corrected chi connectivity index (χ2v) is 6.51. The number of thioether (sulfide) groups is 1. The Kier molecular flexibility index (Phi) is 5.05. The number of nitrogens with two attached hydrogens (primary N) is 1. The number of aryl methyl sites for hydroxylation is 1. The lowest BCUT2D eigenvalue weighted by molar-refractivity contribution is 0.414. The highest BCUT2D eigenvalue weighted by Crippen LogP contribution is 2.22. The van der Waals surface area contributed by atoms with Gasteiger partial charge in [0.25, 0.3) is 0 Å². The van der Waals surface area contributed by atoms with Crippen LogP contribution in [0.25, 0.3) is 0 Å². The zero-order valence-corrected chi connectivity index (χ0v) is 14.6. The number of nitrogens with zero attached hydrogens (tertiary/aromatic N) is 3. The molecule has 0 spiro atoms. The van der Waals surface area contributed by atoms with Gasteiger partial charge in [-0.1, -0.05) is 53.7 Å². The third kappa shape index (κ3) is 3.89. The Balaban J connectivity index is 1.66. The highest BCUT2D eigenvalue weighted by atomic mass is 32.2. The van der Waals surface area contributed by atoms with Crippen molar-refractivity contribution in [2.24, 2.45) is 0 Å². The minimum Gasteiger partial charge on any atom is -0.497 e. The third-order valence-electron chi connectivity index (χ3n) is 3.71. The lowest BCUT2D eigenvalue weighted by Crippen LogP contribution is -2.14. The van der Waals surface area contributed by atoms with Crippen molar-refractivity contribution in [3.63, 3.8) is 0 Å². The molecule has 2 N–H and O–H groups in total. The molecule has 0 aliphatic heterocycles. The number of aromatic nitrogens is 3. The lowest BCUT2D eigenvalue weighted by atomic mass is 10.1. The largest absolute Gasteiger partial charge is 0.497 e. The molecule has 24 heavy (non-hydrogen) atoms. The number of ether oxygens (including phenoxy) is 1. The van der Waals surface area contributed by atoms with Crippen LogP contribution in [0.2, 0.25) is 0 Å². The minimum absolute atomic E-state index is 0.637. The van der Waals surface area contributed by atoms with E-state index in [9.17, 15) is 0 Å². The zero-order valence-electron chi connectivity index (χ0n) is 13.8. The molecule has 2 aromatic carbocycles. The Morgan fingerprint density at radius 2 is 1.88 bits per heavy atom. The SMILES string of the molecule is COc1ccc(Cc2nnc(SCc3cccc(C)c3)n2N)cc1. The normalized spacial score (nSPS) is 10.8. The molecule has 0 unspecified atom stereocenters. The van der Waals surface area contributed by atoms with Crippen LogP contribution in [-0.4, -0.2) is 22.0 Å². The summed E-state index contributed by atoms with van der Waals surface area (Å²) >= 11 is 1.59. The molecule has 1 heterocycles. The Bertz CT molecular complexity index is 814. The van der Waals surface area contributed by atoms with Gasteiger partial charge in [0.2, 0.25) is 5.16 Å². The van der Waals surface area contributed by atoms with Gasteiger partial charge in [-0.3, -0.25) is 0 Å². The molecule has 0 saturated heterocycles. The molecule has 0 bridgehead atoms. The molecule has 0 atom stereocenters. The van der Waals surface area contributed by atoms with Gasteiger partial charge < -0.3 is 10.6 Å². The van der Waals surface area contributed by atoms with Crippen molar-refractivity contribution in [2.75, 3.05) is 13.0 Å². The van der Waals surface area contributed by atoms with Crippen molar-refractivity contribution < 1.29 is 4.74 Å². The fourth-order valence-electron chi connectivity index (χ4n) is 2.40. The lowest BCUT2D eigenvalue weighted by Gasteiger charge is -2.05. The molecule has 0 fully saturated rings. The van der Waals surface area contributed by atoms with Gasteiger partial charge in [-0.05, 0) is 30.2 Å². The third-order valence-corrected chi connectivity index (χ3v) is 4.72. The van der Waals surface area contributed by atoms with Crippen molar-refractivity contribution in [1.29, 1.82) is 0 Å². The van der Waals surface area contributed by atoms with E-state index in [-0.39, 0.29) is 0 Å². The van der Waals surface area contributed by atoms with Crippen LogP contribution in [0, 0.1) is 6.92 Å². The monoisotopic (exact) mass is 340 g/mol. The van der Waals surface area contributed by atoms with E-state index >= 15 is 0 Å². The topological polar surface area (TPSA) is 66.0 Å². The molecular weight excluding hydrogens is 320 g/mol. The average Bonchev–Trinajstić information content (AvgIpc) is 2.94. The highest BCUT2D eigenvalue weighted by molar-refractivity contribution is 7.98. The summed E-state index contributed by atoms with van der Waals surface area (Å²) < 4.78 is 6.74. The van der Waals surface area contributed by atoms with Crippen molar-refractivity contribution >= 4 is 11.8 Å². The van der Waals surface area contributed by atoms with Gasteiger partial charge in [-0.2, -0.15) is 0 Å². The fraction of sp³-hybridized carbons (Fsp3) is 0.222. The zero-order chi connectivity index (χ0) is 16.9. The van der Waals surface area contributed by atoms with E-state index in [0.29, 0.717) is 6.42 Å². The molecule has 0 aliphatic rings. The summed E-state index contributed by atoms with van der Waals surface area (Å²) in [5.74, 6) is 8.54. The van der Waals surface area contributed by atoms with Crippen LogP contribution in [0.15, 0.2) is 53.7 Å². The van der Waals surface area contributed by atoms with Gasteiger partial charge in [0.1, 0.15) is 5.75 Å². The first-order chi connectivity index (χ1) is 11.7. The average molecular weight is 340 g/mol. The second kappa shape index (κ2) is 7.40. The molecule has 3 aromatic rings. The van der Waals surface area contributed by atoms with Crippen LogP contribution < -0.4 is 10.6 Å². The van der Waals surface area contributed by atoms with Crippen molar-refractivity contribution in [3.8, 4) is 5.75 Å². The number of hydrogen-bond acceptors (Lipinski definition) is 5. The number of nitrogen functional groups attached to an aromatic ring is 1. The molecule has 6 heteroatoms. The first-order valence-electron chi connectivity index (χ1n) is 7.66. The maximum absolute atomic E-state index is 6.15. The first-order valence-corrected chi connectivity index (χ1v) is 8.65. The molecular formula is C18H20N4OS. The maximum atomic E-state index is 6.15. The highest BCUT2D eigenvalue weighted by Gasteiger charge is 2.11. The van der Waals surface area contributed by atoms with E-state index in [2.05, 4.69) is 41.4 Å². The van der Waals surface area contributed by atoms with Gasteiger partial charge >= 0.3 is 0 Å². The van der Waals surface area contributed by atoms with E-state index in [1.807, 2.05) is 24.3 Å². The van der Waals surface area contributed by atoms with Gasteiger partial charge in [0, 0.05) is 12.2 Å². The number of rotatable bonds is 6. The van der Waals surface area contributed by atoms with Crippen LogP contribution in [0.3, 0.4) is 0 Å². The maximum Gasteiger partial charge on any atom is 0.210 e. The van der Waals surface area contributed by atoms with Gasteiger partial charge in [-0.15, -0.1) is 10.2 Å². The number of methoxy groups -OCH3 is 1. The predicted octanol–water partition coefficient (Wildman–Crippen LogP) is 3.19. The van der Waals surface area contributed by atoms with Gasteiger partial charge in [0.05, 0.1) is 7.11 Å². The number of hydrogen-bond donors (Lipinski definition) is 1. The summed E-state index contributed by atoms with van der Waals surface area (Å²) in [7, 11) is 1.66. The Hall–Kier alpha value is -2.47.